The number of anilines is 2. The minimum atomic E-state index is -0.836. The van der Waals surface area contributed by atoms with Crippen molar-refractivity contribution in [2.45, 2.75) is 24.9 Å². The van der Waals surface area contributed by atoms with Gasteiger partial charge < -0.3 is 25.0 Å². The van der Waals surface area contributed by atoms with Crippen molar-refractivity contribution < 1.29 is 19.7 Å². The van der Waals surface area contributed by atoms with E-state index in [1.54, 1.807) is 18.3 Å². The molecule has 0 unspecified atom stereocenters. The topological polar surface area (TPSA) is 119 Å². The van der Waals surface area contributed by atoms with E-state index in [0.29, 0.717) is 17.3 Å². The molecule has 2 aliphatic heterocycles. The smallest absolute Gasteiger partial charge is 0.351 e. The van der Waals surface area contributed by atoms with Crippen molar-refractivity contribution in [3.8, 4) is 11.5 Å². The average molecular weight is 318 g/mol. The molecule has 9 nitrogen and oxygen atoms in total. The summed E-state index contributed by atoms with van der Waals surface area (Å²) in [5.41, 5.74) is -0.546. The summed E-state index contributed by atoms with van der Waals surface area (Å²) in [4.78, 5) is 20.3. The Labute approximate surface area is 130 Å². The molecule has 3 atom stereocenters. The lowest BCUT2D eigenvalue weighted by Crippen LogP contribution is -2.29. The summed E-state index contributed by atoms with van der Waals surface area (Å²) in [7, 11) is 0. The van der Waals surface area contributed by atoms with Crippen LogP contribution in [-0.2, 0) is 4.74 Å². The van der Waals surface area contributed by atoms with Crippen molar-refractivity contribution in [1.82, 2.24) is 14.5 Å². The Morgan fingerprint density at radius 2 is 2.26 bits per heavy atom. The van der Waals surface area contributed by atoms with Crippen LogP contribution in [0.1, 0.15) is 12.6 Å². The zero-order valence-electron chi connectivity index (χ0n) is 11.9. The quantitative estimate of drug-likeness (QED) is 0.610. The fourth-order valence-electron chi connectivity index (χ4n) is 2.67. The fraction of sp³-hybridized carbons (Fsp3) is 0.357. The third-order valence-electron chi connectivity index (χ3n) is 3.84. The van der Waals surface area contributed by atoms with E-state index in [4.69, 9.17) is 14.6 Å². The van der Waals surface area contributed by atoms with E-state index in [2.05, 4.69) is 15.3 Å². The number of hydrogen-bond donors (Lipinski definition) is 3. The Balaban J connectivity index is 1.69. The summed E-state index contributed by atoms with van der Waals surface area (Å²) in [6, 6.07) is 3.47. The zero-order valence-corrected chi connectivity index (χ0v) is 11.9. The third kappa shape index (κ3) is 2.34. The van der Waals surface area contributed by atoms with Gasteiger partial charge in [-0.1, -0.05) is 0 Å². The molecule has 1 fully saturated rings. The molecule has 2 aromatic rings. The third-order valence-corrected chi connectivity index (χ3v) is 3.84. The van der Waals surface area contributed by atoms with Crippen molar-refractivity contribution in [2.75, 3.05) is 11.9 Å². The van der Waals surface area contributed by atoms with E-state index in [9.17, 15) is 9.90 Å². The van der Waals surface area contributed by atoms with Crippen molar-refractivity contribution in [1.29, 1.82) is 0 Å². The number of fused-ring (bicyclic) bond motifs is 2. The van der Waals surface area contributed by atoms with E-state index >= 15 is 0 Å². The minimum absolute atomic E-state index is 0.192. The number of aromatic nitrogens is 3. The Morgan fingerprint density at radius 3 is 3.04 bits per heavy atom. The van der Waals surface area contributed by atoms with Gasteiger partial charge in [-0.15, -0.1) is 0 Å². The molecule has 120 valence electrons. The van der Waals surface area contributed by atoms with Gasteiger partial charge in [0.05, 0.1) is 18.9 Å². The van der Waals surface area contributed by atoms with Crippen LogP contribution in [0.2, 0.25) is 0 Å². The van der Waals surface area contributed by atoms with Crippen molar-refractivity contribution in [2.24, 2.45) is 0 Å². The van der Waals surface area contributed by atoms with Crippen LogP contribution in [0, 0.1) is 0 Å². The number of ether oxygens (including phenoxy) is 2. The summed E-state index contributed by atoms with van der Waals surface area (Å²) in [6.45, 7) is -0.318. The Kier molecular flexibility index (Phi) is 3.26. The molecule has 0 bridgehead atoms. The second kappa shape index (κ2) is 5.30. The maximum absolute atomic E-state index is 12.2. The molecule has 4 heterocycles. The van der Waals surface area contributed by atoms with Gasteiger partial charge in [0.25, 0.3) is 0 Å². The first-order valence-electron chi connectivity index (χ1n) is 7.13. The van der Waals surface area contributed by atoms with Gasteiger partial charge in [0.1, 0.15) is 12.3 Å². The molecule has 1 saturated heterocycles. The molecule has 0 radical (unpaired) electrons. The highest BCUT2D eigenvalue weighted by Gasteiger charge is 2.35. The summed E-state index contributed by atoms with van der Waals surface area (Å²) in [6.07, 6.45) is 1.02. The highest BCUT2D eigenvalue weighted by Crippen LogP contribution is 2.39. The van der Waals surface area contributed by atoms with Crippen LogP contribution in [0.3, 0.4) is 0 Å². The van der Waals surface area contributed by atoms with Crippen LogP contribution in [0.25, 0.3) is 0 Å². The van der Waals surface area contributed by atoms with Crippen molar-refractivity contribution >= 4 is 11.6 Å². The SMILES string of the molecule is O=c1nc2c(cn1[C@H]1C[C@H](O)[C@@H](CO)O1)Oc1cccnc1N2. The number of nitrogens with one attached hydrogen (secondary N) is 1. The van der Waals surface area contributed by atoms with Gasteiger partial charge in [-0.25, -0.2) is 9.78 Å². The lowest BCUT2D eigenvalue weighted by Gasteiger charge is -2.21. The van der Waals surface area contributed by atoms with Crippen molar-refractivity contribution in [3.63, 3.8) is 0 Å². The predicted octanol–water partition coefficient (Wildman–Crippen LogP) is 0.128. The average Bonchev–Trinajstić information content (AvgIpc) is 2.93. The van der Waals surface area contributed by atoms with Crippen LogP contribution in [-0.4, -0.2) is 43.6 Å². The van der Waals surface area contributed by atoms with E-state index in [0.717, 1.165) is 0 Å². The molecule has 23 heavy (non-hydrogen) atoms. The standard InChI is InChI=1S/C14H14N4O5/c19-6-10-7(20)4-11(23-10)18-5-9-13(17-14(18)21)16-12-8(22-9)2-1-3-15-12/h1-3,5,7,10-11,19-20H,4,6H2,(H,15,16,17,21)/t7-,10+,11+/m0/s1. The monoisotopic (exact) mass is 318 g/mol. The van der Waals surface area contributed by atoms with Crippen LogP contribution >= 0.6 is 0 Å². The van der Waals surface area contributed by atoms with Gasteiger partial charge in [-0.2, -0.15) is 4.98 Å². The maximum atomic E-state index is 12.2. The highest BCUT2D eigenvalue weighted by atomic mass is 16.5. The number of aliphatic hydroxyl groups is 2. The normalized spacial score (nSPS) is 25.2. The predicted molar refractivity (Wildman–Crippen MR) is 77.7 cm³/mol. The molecular weight excluding hydrogens is 304 g/mol. The number of rotatable bonds is 2. The summed E-state index contributed by atoms with van der Waals surface area (Å²) >= 11 is 0. The van der Waals surface area contributed by atoms with Crippen LogP contribution in [0.5, 0.6) is 11.5 Å². The first-order valence-corrected chi connectivity index (χ1v) is 7.13. The van der Waals surface area contributed by atoms with Crippen LogP contribution < -0.4 is 15.7 Å². The minimum Gasteiger partial charge on any atom is -0.448 e. The van der Waals surface area contributed by atoms with Gasteiger partial charge in [0.15, 0.2) is 23.1 Å². The number of nitrogens with zero attached hydrogens (tertiary/aromatic N) is 3. The summed E-state index contributed by atoms with van der Waals surface area (Å²) < 4.78 is 12.4. The molecular formula is C14H14N4O5. The van der Waals surface area contributed by atoms with E-state index in [1.807, 2.05) is 0 Å². The second-order valence-electron chi connectivity index (χ2n) is 5.34. The van der Waals surface area contributed by atoms with Crippen LogP contribution in [0.15, 0.2) is 29.3 Å². The first-order chi connectivity index (χ1) is 11.2. The molecule has 3 N–H and O–H groups in total. The Bertz CT molecular complexity index is 808. The molecule has 0 aromatic carbocycles. The van der Waals surface area contributed by atoms with E-state index in [1.165, 1.54) is 10.8 Å². The largest absolute Gasteiger partial charge is 0.448 e. The molecule has 0 amide bonds. The summed E-state index contributed by atoms with van der Waals surface area (Å²) in [5.74, 6) is 1.63. The van der Waals surface area contributed by atoms with Gasteiger partial charge in [-0.05, 0) is 12.1 Å². The molecule has 0 aliphatic carbocycles. The lowest BCUT2D eigenvalue weighted by atomic mass is 10.2. The lowest BCUT2D eigenvalue weighted by molar-refractivity contribution is -0.0459. The van der Waals surface area contributed by atoms with Gasteiger partial charge in [-0.3, -0.25) is 4.57 Å². The first kappa shape index (κ1) is 14.1. The Morgan fingerprint density at radius 1 is 1.39 bits per heavy atom. The van der Waals surface area contributed by atoms with Crippen LogP contribution in [0.4, 0.5) is 11.6 Å². The molecule has 0 spiro atoms. The van der Waals surface area contributed by atoms with Crippen molar-refractivity contribution in [3.05, 3.63) is 35.0 Å². The molecule has 4 rings (SSSR count). The second-order valence-corrected chi connectivity index (χ2v) is 5.34. The van der Waals surface area contributed by atoms with Gasteiger partial charge in [0.2, 0.25) is 0 Å². The molecule has 0 saturated carbocycles. The highest BCUT2D eigenvalue weighted by molar-refractivity contribution is 5.68. The van der Waals surface area contributed by atoms with Gasteiger partial charge >= 0.3 is 5.69 Å². The van der Waals surface area contributed by atoms with Gasteiger partial charge in [0, 0.05) is 12.6 Å². The Hall–Kier alpha value is -2.49. The summed E-state index contributed by atoms with van der Waals surface area (Å²) in [5, 5.41) is 21.9. The maximum Gasteiger partial charge on any atom is 0.351 e. The zero-order chi connectivity index (χ0) is 16.0. The fourth-order valence-corrected chi connectivity index (χ4v) is 2.67. The molecule has 2 aromatic heterocycles. The molecule has 2 aliphatic rings. The number of pyridine rings is 1. The number of aliphatic hydroxyl groups excluding tert-OH is 2. The van der Waals surface area contributed by atoms with E-state index < -0.39 is 24.1 Å². The van der Waals surface area contributed by atoms with E-state index in [-0.39, 0.29) is 18.8 Å². The molecule has 9 heteroatoms. The number of hydrogen-bond acceptors (Lipinski definition) is 8.